The fourth-order valence-corrected chi connectivity index (χ4v) is 2.67. The first-order valence-corrected chi connectivity index (χ1v) is 7.33. The van der Waals surface area contributed by atoms with E-state index >= 15 is 0 Å². The maximum Gasteiger partial charge on any atom is 0.319 e. The molecule has 1 aliphatic heterocycles. The van der Waals surface area contributed by atoms with Crippen LogP contribution >= 0.6 is 11.6 Å². The third kappa shape index (κ3) is 4.47. The minimum atomic E-state index is -0.183. The Hall–Kier alpha value is -1.10. The lowest BCUT2D eigenvalue weighted by Crippen LogP contribution is -2.45. The van der Waals surface area contributed by atoms with Gasteiger partial charge in [-0.2, -0.15) is 0 Å². The molecule has 0 aromatic heterocycles. The predicted molar refractivity (Wildman–Crippen MR) is 79.8 cm³/mol. The largest absolute Gasteiger partial charge is 0.468 e. The number of nitrogens with one attached hydrogen (secondary N) is 1. The molecule has 1 heterocycles. The van der Waals surface area contributed by atoms with Crippen LogP contribution in [-0.2, 0) is 16.1 Å². The molecule has 0 unspecified atom stereocenters. The maximum atomic E-state index is 11.6. The molecule has 1 saturated heterocycles. The van der Waals surface area contributed by atoms with Crippen molar-refractivity contribution < 1.29 is 9.53 Å². The summed E-state index contributed by atoms with van der Waals surface area (Å²) in [5.74, 6) is -0.183. The molecule has 1 fully saturated rings. The average Bonchev–Trinajstić information content (AvgIpc) is 2.49. The number of methoxy groups -OCH3 is 1. The molecule has 110 valence electrons. The van der Waals surface area contributed by atoms with Gasteiger partial charge in [0.1, 0.15) is 0 Å². The summed E-state index contributed by atoms with van der Waals surface area (Å²) in [6, 6.07) is 8.21. The standard InChI is InChI=1S/C15H21ClN2O2/c1-20-15(19)11-18(14-6-8-17-9-7-14)10-12-2-4-13(16)5-3-12/h2-5,14,17H,6-11H2,1H3. The number of halogens is 1. The van der Waals surface area contributed by atoms with Gasteiger partial charge in [0.15, 0.2) is 0 Å². The van der Waals surface area contributed by atoms with Crippen LogP contribution in [0.15, 0.2) is 24.3 Å². The van der Waals surface area contributed by atoms with E-state index in [2.05, 4.69) is 10.2 Å². The van der Waals surface area contributed by atoms with E-state index in [9.17, 15) is 4.79 Å². The first kappa shape index (κ1) is 15.3. The Kier molecular flexibility index (Phi) is 5.83. The SMILES string of the molecule is COC(=O)CN(Cc1ccc(Cl)cc1)C1CCNCC1. The Labute approximate surface area is 125 Å². The monoisotopic (exact) mass is 296 g/mol. The summed E-state index contributed by atoms with van der Waals surface area (Å²) in [7, 11) is 1.44. The number of nitrogens with zero attached hydrogens (tertiary/aromatic N) is 1. The molecule has 1 N–H and O–H groups in total. The zero-order valence-corrected chi connectivity index (χ0v) is 12.5. The van der Waals surface area contributed by atoms with Crippen LogP contribution < -0.4 is 5.32 Å². The van der Waals surface area contributed by atoms with Gasteiger partial charge >= 0.3 is 5.97 Å². The summed E-state index contributed by atoms with van der Waals surface area (Å²) >= 11 is 5.91. The molecular formula is C15H21ClN2O2. The van der Waals surface area contributed by atoms with Crippen LogP contribution in [0.3, 0.4) is 0 Å². The van der Waals surface area contributed by atoms with E-state index in [4.69, 9.17) is 16.3 Å². The molecule has 5 heteroatoms. The van der Waals surface area contributed by atoms with Crippen molar-refractivity contribution in [3.8, 4) is 0 Å². The average molecular weight is 297 g/mol. The van der Waals surface area contributed by atoms with E-state index in [-0.39, 0.29) is 5.97 Å². The lowest BCUT2D eigenvalue weighted by atomic mass is 10.0. The molecule has 0 saturated carbocycles. The highest BCUT2D eigenvalue weighted by atomic mass is 35.5. The highest BCUT2D eigenvalue weighted by molar-refractivity contribution is 6.30. The number of carbonyl (C=O) groups excluding carboxylic acids is 1. The van der Waals surface area contributed by atoms with Crippen molar-refractivity contribution >= 4 is 17.6 Å². The van der Waals surface area contributed by atoms with Crippen LogP contribution in [0.2, 0.25) is 5.02 Å². The van der Waals surface area contributed by atoms with E-state index in [0.29, 0.717) is 12.6 Å². The number of rotatable bonds is 5. The summed E-state index contributed by atoms with van der Waals surface area (Å²) in [5.41, 5.74) is 1.16. The predicted octanol–water partition coefficient (Wildman–Crippen LogP) is 2.07. The number of piperidine rings is 1. The maximum absolute atomic E-state index is 11.6. The Morgan fingerprint density at radius 2 is 2.00 bits per heavy atom. The minimum absolute atomic E-state index is 0.183. The number of hydrogen-bond acceptors (Lipinski definition) is 4. The molecule has 4 nitrogen and oxygen atoms in total. The van der Waals surface area contributed by atoms with E-state index in [1.165, 1.54) is 7.11 Å². The molecule has 1 aromatic carbocycles. The topological polar surface area (TPSA) is 41.6 Å². The van der Waals surface area contributed by atoms with Gasteiger partial charge in [0.2, 0.25) is 0 Å². The number of benzene rings is 1. The highest BCUT2D eigenvalue weighted by Gasteiger charge is 2.23. The second kappa shape index (κ2) is 7.62. The number of esters is 1. The van der Waals surface area contributed by atoms with Crippen LogP contribution in [0.5, 0.6) is 0 Å². The number of hydrogen-bond donors (Lipinski definition) is 1. The summed E-state index contributed by atoms with van der Waals surface area (Å²) in [4.78, 5) is 13.8. The molecule has 2 rings (SSSR count). The summed E-state index contributed by atoms with van der Waals surface area (Å²) in [5, 5.41) is 4.08. The molecule has 0 radical (unpaired) electrons. The van der Waals surface area contributed by atoms with Gasteiger partial charge in [-0.3, -0.25) is 9.69 Å². The third-order valence-electron chi connectivity index (χ3n) is 3.68. The van der Waals surface area contributed by atoms with Gasteiger partial charge in [-0.25, -0.2) is 0 Å². The molecule has 0 spiro atoms. The lowest BCUT2D eigenvalue weighted by molar-refractivity contribution is -0.142. The lowest BCUT2D eigenvalue weighted by Gasteiger charge is -2.33. The van der Waals surface area contributed by atoms with Gasteiger partial charge in [0.25, 0.3) is 0 Å². The molecule has 0 amide bonds. The molecule has 0 atom stereocenters. The third-order valence-corrected chi connectivity index (χ3v) is 3.94. The normalized spacial score (nSPS) is 16.4. The van der Waals surface area contributed by atoms with Crippen LogP contribution in [0.25, 0.3) is 0 Å². The van der Waals surface area contributed by atoms with Crippen molar-refractivity contribution in [2.24, 2.45) is 0 Å². The van der Waals surface area contributed by atoms with Crippen LogP contribution in [0, 0.1) is 0 Å². The Morgan fingerprint density at radius 3 is 2.60 bits per heavy atom. The van der Waals surface area contributed by atoms with E-state index in [1.54, 1.807) is 0 Å². The van der Waals surface area contributed by atoms with Gasteiger partial charge in [-0.05, 0) is 43.6 Å². The minimum Gasteiger partial charge on any atom is -0.468 e. The quantitative estimate of drug-likeness (QED) is 0.845. The van der Waals surface area contributed by atoms with E-state index in [1.807, 2.05) is 24.3 Å². The fraction of sp³-hybridized carbons (Fsp3) is 0.533. The molecule has 0 aliphatic carbocycles. The first-order chi connectivity index (χ1) is 9.69. The van der Waals surface area contributed by atoms with Crippen LogP contribution in [0.4, 0.5) is 0 Å². The molecule has 1 aliphatic rings. The Morgan fingerprint density at radius 1 is 1.35 bits per heavy atom. The molecule has 1 aromatic rings. The Balaban J connectivity index is 2.04. The summed E-state index contributed by atoms with van der Waals surface area (Å²) < 4.78 is 4.81. The molecule has 20 heavy (non-hydrogen) atoms. The van der Waals surface area contributed by atoms with Crippen molar-refractivity contribution in [2.75, 3.05) is 26.7 Å². The van der Waals surface area contributed by atoms with Crippen molar-refractivity contribution in [1.82, 2.24) is 10.2 Å². The molecular weight excluding hydrogens is 276 g/mol. The highest BCUT2D eigenvalue weighted by Crippen LogP contribution is 2.17. The van der Waals surface area contributed by atoms with Crippen molar-refractivity contribution in [2.45, 2.75) is 25.4 Å². The fourth-order valence-electron chi connectivity index (χ4n) is 2.54. The first-order valence-electron chi connectivity index (χ1n) is 6.95. The van der Waals surface area contributed by atoms with Crippen molar-refractivity contribution in [3.63, 3.8) is 0 Å². The van der Waals surface area contributed by atoms with Crippen LogP contribution in [-0.4, -0.2) is 43.7 Å². The zero-order chi connectivity index (χ0) is 14.4. The van der Waals surface area contributed by atoms with Gasteiger partial charge in [0.05, 0.1) is 13.7 Å². The summed E-state index contributed by atoms with van der Waals surface area (Å²) in [6.45, 7) is 3.09. The second-order valence-electron chi connectivity index (χ2n) is 5.09. The van der Waals surface area contributed by atoms with Gasteiger partial charge in [0, 0.05) is 17.6 Å². The summed E-state index contributed by atoms with van der Waals surface area (Å²) in [6.07, 6.45) is 2.12. The van der Waals surface area contributed by atoms with E-state index in [0.717, 1.165) is 43.1 Å². The zero-order valence-electron chi connectivity index (χ0n) is 11.8. The van der Waals surface area contributed by atoms with Gasteiger partial charge in [-0.1, -0.05) is 23.7 Å². The van der Waals surface area contributed by atoms with E-state index < -0.39 is 0 Å². The van der Waals surface area contributed by atoms with Crippen LogP contribution in [0.1, 0.15) is 18.4 Å². The van der Waals surface area contributed by atoms with Crippen molar-refractivity contribution in [1.29, 1.82) is 0 Å². The Bertz CT molecular complexity index is 430. The smallest absolute Gasteiger partial charge is 0.319 e. The van der Waals surface area contributed by atoms with Gasteiger partial charge in [-0.15, -0.1) is 0 Å². The van der Waals surface area contributed by atoms with Gasteiger partial charge < -0.3 is 10.1 Å². The molecule has 0 bridgehead atoms. The number of carbonyl (C=O) groups is 1. The number of ether oxygens (including phenoxy) is 1. The second-order valence-corrected chi connectivity index (χ2v) is 5.53. The van der Waals surface area contributed by atoms with Crippen molar-refractivity contribution in [3.05, 3.63) is 34.9 Å².